The number of fused-ring (bicyclic) bond motifs is 1. The second-order valence-corrected chi connectivity index (χ2v) is 5.05. The van der Waals surface area contributed by atoms with Gasteiger partial charge in [-0.2, -0.15) is 0 Å². The van der Waals surface area contributed by atoms with E-state index in [0.29, 0.717) is 18.4 Å². The topological polar surface area (TPSA) is 41.1 Å². The molecular formula is C14H18N2O. The summed E-state index contributed by atoms with van der Waals surface area (Å²) in [5, 5.41) is 6.48. The van der Waals surface area contributed by atoms with E-state index >= 15 is 0 Å². The SMILES string of the molecule is O=C1CCC(NCC2Cc3ccccc32)CN1. The summed E-state index contributed by atoms with van der Waals surface area (Å²) in [6.45, 7) is 1.82. The number of amides is 1. The van der Waals surface area contributed by atoms with Crippen molar-refractivity contribution in [3.63, 3.8) is 0 Å². The molecule has 3 heteroatoms. The molecule has 1 aliphatic carbocycles. The third-order valence-corrected chi connectivity index (χ3v) is 3.88. The molecule has 2 N–H and O–H groups in total. The van der Waals surface area contributed by atoms with Crippen molar-refractivity contribution in [2.24, 2.45) is 0 Å². The molecule has 3 nitrogen and oxygen atoms in total. The van der Waals surface area contributed by atoms with Crippen LogP contribution in [0, 0.1) is 0 Å². The van der Waals surface area contributed by atoms with Crippen LogP contribution in [0.3, 0.4) is 0 Å². The molecule has 2 aliphatic rings. The molecular weight excluding hydrogens is 212 g/mol. The second-order valence-electron chi connectivity index (χ2n) is 5.05. The van der Waals surface area contributed by atoms with E-state index in [1.165, 1.54) is 17.5 Å². The molecule has 1 amide bonds. The maximum Gasteiger partial charge on any atom is 0.220 e. The molecule has 17 heavy (non-hydrogen) atoms. The van der Waals surface area contributed by atoms with Gasteiger partial charge in [0.1, 0.15) is 0 Å². The lowest BCUT2D eigenvalue weighted by Gasteiger charge is -2.32. The van der Waals surface area contributed by atoms with Crippen LogP contribution in [0.15, 0.2) is 24.3 Å². The molecule has 90 valence electrons. The van der Waals surface area contributed by atoms with E-state index in [1.54, 1.807) is 0 Å². The lowest BCUT2D eigenvalue weighted by molar-refractivity contribution is -0.122. The maximum atomic E-state index is 11.0. The Hall–Kier alpha value is -1.35. The van der Waals surface area contributed by atoms with Gasteiger partial charge in [-0.3, -0.25) is 4.79 Å². The second kappa shape index (κ2) is 4.49. The molecule has 1 heterocycles. The van der Waals surface area contributed by atoms with Crippen molar-refractivity contribution in [2.75, 3.05) is 13.1 Å². The minimum absolute atomic E-state index is 0.192. The van der Waals surface area contributed by atoms with Gasteiger partial charge >= 0.3 is 0 Å². The molecule has 1 saturated heterocycles. The fraction of sp³-hybridized carbons (Fsp3) is 0.500. The third kappa shape index (κ3) is 2.20. The first-order chi connectivity index (χ1) is 8.33. The largest absolute Gasteiger partial charge is 0.355 e. The summed E-state index contributed by atoms with van der Waals surface area (Å²) in [6.07, 6.45) is 2.83. The highest BCUT2D eigenvalue weighted by Crippen LogP contribution is 2.34. The van der Waals surface area contributed by atoms with E-state index in [-0.39, 0.29) is 5.91 Å². The molecule has 1 aromatic carbocycles. The first kappa shape index (κ1) is 10.8. The smallest absolute Gasteiger partial charge is 0.220 e. The number of hydrogen-bond donors (Lipinski definition) is 2. The van der Waals surface area contributed by atoms with Gasteiger partial charge in [-0.25, -0.2) is 0 Å². The first-order valence-corrected chi connectivity index (χ1v) is 6.41. The van der Waals surface area contributed by atoms with Crippen molar-refractivity contribution in [3.8, 4) is 0 Å². The van der Waals surface area contributed by atoms with Gasteiger partial charge in [-0.05, 0) is 24.0 Å². The van der Waals surface area contributed by atoms with E-state index in [1.807, 2.05) is 0 Å². The van der Waals surface area contributed by atoms with Gasteiger partial charge in [0.05, 0.1) is 0 Å². The fourth-order valence-electron chi connectivity index (χ4n) is 2.76. The minimum atomic E-state index is 0.192. The zero-order chi connectivity index (χ0) is 11.7. The lowest BCUT2D eigenvalue weighted by atomic mass is 9.77. The Labute approximate surface area is 102 Å². The van der Waals surface area contributed by atoms with Crippen LogP contribution in [0.5, 0.6) is 0 Å². The van der Waals surface area contributed by atoms with E-state index in [9.17, 15) is 4.79 Å². The fourth-order valence-corrected chi connectivity index (χ4v) is 2.76. The van der Waals surface area contributed by atoms with E-state index in [2.05, 4.69) is 34.9 Å². The zero-order valence-electron chi connectivity index (χ0n) is 9.91. The van der Waals surface area contributed by atoms with Crippen LogP contribution in [0.1, 0.15) is 29.9 Å². The van der Waals surface area contributed by atoms with Crippen LogP contribution in [0.25, 0.3) is 0 Å². The van der Waals surface area contributed by atoms with Crippen molar-refractivity contribution in [1.29, 1.82) is 0 Å². The molecule has 0 radical (unpaired) electrons. The molecule has 2 atom stereocenters. The molecule has 0 aromatic heterocycles. The highest BCUT2D eigenvalue weighted by Gasteiger charge is 2.26. The molecule has 2 unspecified atom stereocenters. The van der Waals surface area contributed by atoms with E-state index in [4.69, 9.17) is 0 Å². The van der Waals surface area contributed by atoms with Gasteiger partial charge in [-0.1, -0.05) is 24.3 Å². The van der Waals surface area contributed by atoms with Gasteiger partial charge in [0.25, 0.3) is 0 Å². The highest BCUT2D eigenvalue weighted by molar-refractivity contribution is 5.76. The summed E-state index contributed by atoms with van der Waals surface area (Å²) in [7, 11) is 0. The molecule has 1 fully saturated rings. The Morgan fingerprint density at radius 3 is 3.00 bits per heavy atom. The van der Waals surface area contributed by atoms with Gasteiger partial charge < -0.3 is 10.6 Å². The van der Waals surface area contributed by atoms with E-state index < -0.39 is 0 Å². The van der Waals surface area contributed by atoms with Crippen molar-refractivity contribution in [2.45, 2.75) is 31.2 Å². The monoisotopic (exact) mass is 230 g/mol. The summed E-state index contributed by atoms with van der Waals surface area (Å²) < 4.78 is 0. The van der Waals surface area contributed by atoms with Crippen LogP contribution in [0.4, 0.5) is 0 Å². The van der Waals surface area contributed by atoms with Crippen LogP contribution in [0.2, 0.25) is 0 Å². The Bertz CT molecular complexity index is 420. The van der Waals surface area contributed by atoms with Crippen LogP contribution in [-0.4, -0.2) is 25.0 Å². The van der Waals surface area contributed by atoms with Crippen molar-refractivity contribution in [1.82, 2.24) is 10.6 Å². The number of carbonyl (C=O) groups is 1. The first-order valence-electron chi connectivity index (χ1n) is 6.41. The van der Waals surface area contributed by atoms with Crippen molar-refractivity contribution < 1.29 is 4.79 Å². The molecule has 0 bridgehead atoms. The summed E-state index contributed by atoms with van der Waals surface area (Å²) >= 11 is 0. The molecule has 3 rings (SSSR count). The minimum Gasteiger partial charge on any atom is -0.355 e. The lowest BCUT2D eigenvalue weighted by Crippen LogP contribution is -2.47. The maximum absolute atomic E-state index is 11.0. The Kier molecular flexibility index (Phi) is 2.85. The molecule has 0 spiro atoms. The van der Waals surface area contributed by atoms with E-state index in [0.717, 1.165) is 19.5 Å². The number of carbonyl (C=O) groups excluding carboxylic acids is 1. The zero-order valence-corrected chi connectivity index (χ0v) is 9.91. The number of rotatable bonds is 3. The Morgan fingerprint density at radius 1 is 1.35 bits per heavy atom. The average molecular weight is 230 g/mol. The summed E-state index contributed by atoms with van der Waals surface area (Å²) in [6, 6.07) is 9.13. The number of piperidine rings is 1. The molecule has 0 saturated carbocycles. The number of benzene rings is 1. The molecule has 1 aliphatic heterocycles. The summed E-state index contributed by atoms with van der Waals surface area (Å²) in [4.78, 5) is 11.0. The normalized spacial score (nSPS) is 26.9. The standard InChI is InChI=1S/C14H18N2O/c17-14-6-5-12(9-16-14)15-8-11-7-10-3-1-2-4-13(10)11/h1-4,11-12,15H,5-9H2,(H,16,17). The van der Waals surface area contributed by atoms with Crippen molar-refractivity contribution >= 4 is 5.91 Å². The average Bonchev–Trinajstić information content (AvgIpc) is 2.33. The van der Waals surface area contributed by atoms with Crippen molar-refractivity contribution in [3.05, 3.63) is 35.4 Å². The Balaban J connectivity index is 1.49. The number of hydrogen-bond acceptors (Lipinski definition) is 2. The van der Waals surface area contributed by atoms with Gasteiger partial charge in [0.15, 0.2) is 0 Å². The third-order valence-electron chi connectivity index (χ3n) is 3.88. The van der Waals surface area contributed by atoms with Crippen LogP contribution >= 0.6 is 0 Å². The quantitative estimate of drug-likeness (QED) is 0.819. The Morgan fingerprint density at radius 2 is 2.24 bits per heavy atom. The molecule has 1 aromatic rings. The van der Waals surface area contributed by atoms with Gasteiger partial charge in [0.2, 0.25) is 5.91 Å². The summed E-state index contributed by atoms with van der Waals surface area (Å²) in [5.74, 6) is 0.862. The highest BCUT2D eigenvalue weighted by atomic mass is 16.1. The van der Waals surface area contributed by atoms with Gasteiger partial charge in [-0.15, -0.1) is 0 Å². The van der Waals surface area contributed by atoms with Gasteiger partial charge in [0, 0.05) is 31.5 Å². The summed E-state index contributed by atoms with van der Waals surface area (Å²) in [5.41, 5.74) is 3.00. The van der Waals surface area contributed by atoms with Crippen LogP contribution in [-0.2, 0) is 11.2 Å². The van der Waals surface area contributed by atoms with Crippen LogP contribution < -0.4 is 10.6 Å². The predicted molar refractivity (Wildman–Crippen MR) is 66.9 cm³/mol. The predicted octanol–water partition coefficient (Wildman–Crippen LogP) is 1.19. The number of nitrogens with one attached hydrogen (secondary N) is 2.